The highest BCUT2D eigenvalue weighted by molar-refractivity contribution is 5.81. The molecule has 4 rings (SSSR count). The summed E-state index contributed by atoms with van der Waals surface area (Å²) in [7, 11) is 0. The molecule has 3 aromatic heterocycles. The van der Waals surface area contributed by atoms with Crippen molar-refractivity contribution in [1.82, 2.24) is 29.2 Å². The van der Waals surface area contributed by atoms with Crippen molar-refractivity contribution in [3.8, 4) is 5.95 Å². The molecular weight excluding hydrogens is 342 g/mol. The van der Waals surface area contributed by atoms with Crippen molar-refractivity contribution < 1.29 is 4.74 Å². The molecule has 27 heavy (non-hydrogen) atoms. The van der Waals surface area contributed by atoms with Crippen molar-refractivity contribution in [1.29, 1.82) is 0 Å². The number of nitrogens with zero attached hydrogens (tertiary/aromatic N) is 7. The first-order valence-corrected chi connectivity index (χ1v) is 9.29. The average Bonchev–Trinajstić information content (AvgIpc) is 3.39. The smallest absolute Gasteiger partial charge is 0.273 e. The zero-order valence-electron chi connectivity index (χ0n) is 16.3. The summed E-state index contributed by atoms with van der Waals surface area (Å²) in [5.74, 6) is 0.574. The fourth-order valence-corrected chi connectivity index (χ4v) is 3.63. The molecule has 1 saturated heterocycles. The monoisotopic (exact) mass is 367 g/mol. The van der Waals surface area contributed by atoms with Crippen LogP contribution in [-0.4, -0.2) is 48.1 Å². The first-order chi connectivity index (χ1) is 13.0. The third kappa shape index (κ3) is 3.44. The first kappa shape index (κ1) is 17.7. The van der Waals surface area contributed by atoms with E-state index >= 15 is 0 Å². The van der Waals surface area contributed by atoms with Crippen LogP contribution in [0.1, 0.15) is 41.2 Å². The highest BCUT2D eigenvalue weighted by atomic mass is 16.5. The van der Waals surface area contributed by atoms with Crippen molar-refractivity contribution in [2.75, 3.05) is 6.61 Å². The standard InChI is InChI=1S/C19H25N7O/c1-13-8-15(3)26(23-13)19-22-20-12-25(19)21-10-17-9-14(2)24(16(17)4)11-18-6-5-7-27-18/h8-10,12,18H,5-7,11H2,1-4H3/b21-10-/t18-/m1/s1. The maximum absolute atomic E-state index is 5.79. The maximum atomic E-state index is 5.79. The van der Waals surface area contributed by atoms with Crippen LogP contribution in [0.25, 0.3) is 5.95 Å². The summed E-state index contributed by atoms with van der Waals surface area (Å²) in [5.41, 5.74) is 5.41. The lowest BCUT2D eigenvalue weighted by Gasteiger charge is -2.14. The Bertz CT molecular complexity index is 973. The van der Waals surface area contributed by atoms with Crippen LogP contribution in [-0.2, 0) is 11.3 Å². The summed E-state index contributed by atoms with van der Waals surface area (Å²) in [5, 5.41) is 17.2. The van der Waals surface area contributed by atoms with Crippen molar-refractivity contribution in [2.24, 2.45) is 5.10 Å². The van der Waals surface area contributed by atoms with E-state index in [0.717, 1.165) is 42.9 Å². The molecule has 4 heterocycles. The number of hydrogen-bond donors (Lipinski definition) is 0. The van der Waals surface area contributed by atoms with Gasteiger partial charge in [-0.15, -0.1) is 10.2 Å². The van der Waals surface area contributed by atoms with E-state index in [1.165, 1.54) is 11.4 Å². The fourth-order valence-electron chi connectivity index (χ4n) is 3.63. The number of aromatic nitrogens is 6. The van der Waals surface area contributed by atoms with Gasteiger partial charge in [0.25, 0.3) is 5.95 Å². The SMILES string of the molecule is Cc1cc(C)n(-c2nncn2/N=C\c2cc(C)n(C[C@H]3CCCO3)c2C)n1. The summed E-state index contributed by atoms with van der Waals surface area (Å²) < 4.78 is 11.5. The van der Waals surface area contributed by atoms with Gasteiger partial charge in [0.05, 0.1) is 18.0 Å². The van der Waals surface area contributed by atoms with Crippen LogP contribution in [0.4, 0.5) is 0 Å². The molecule has 1 aliphatic heterocycles. The molecule has 1 fully saturated rings. The van der Waals surface area contributed by atoms with E-state index in [4.69, 9.17) is 4.74 Å². The molecule has 1 aliphatic rings. The van der Waals surface area contributed by atoms with E-state index in [2.05, 4.69) is 44.9 Å². The molecule has 0 amide bonds. The van der Waals surface area contributed by atoms with Crippen LogP contribution in [0, 0.1) is 27.7 Å². The minimum atomic E-state index is 0.315. The van der Waals surface area contributed by atoms with Gasteiger partial charge in [0, 0.05) is 35.8 Å². The lowest BCUT2D eigenvalue weighted by atomic mass is 10.2. The lowest BCUT2D eigenvalue weighted by molar-refractivity contribution is 0.0962. The Labute approximate surface area is 158 Å². The molecule has 0 saturated carbocycles. The number of rotatable bonds is 5. The van der Waals surface area contributed by atoms with Gasteiger partial charge in [0.2, 0.25) is 0 Å². The van der Waals surface area contributed by atoms with Crippen LogP contribution in [0.5, 0.6) is 0 Å². The molecule has 0 unspecified atom stereocenters. The van der Waals surface area contributed by atoms with Crippen molar-refractivity contribution in [3.05, 3.63) is 46.8 Å². The van der Waals surface area contributed by atoms with Crippen molar-refractivity contribution in [3.63, 3.8) is 0 Å². The second-order valence-corrected chi connectivity index (χ2v) is 7.13. The summed E-state index contributed by atoms with van der Waals surface area (Å²) in [6.07, 6.45) is 6.05. The molecule has 0 bridgehead atoms. The number of ether oxygens (including phenoxy) is 1. The maximum Gasteiger partial charge on any atom is 0.273 e. The zero-order chi connectivity index (χ0) is 19.0. The highest BCUT2D eigenvalue weighted by Gasteiger charge is 2.18. The molecule has 0 radical (unpaired) electrons. The minimum Gasteiger partial charge on any atom is -0.376 e. The van der Waals surface area contributed by atoms with Gasteiger partial charge in [-0.2, -0.15) is 14.9 Å². The summed E-state index contributed by atoms with van der Waals surface area (Å²) in [6.45, 7) is 9.96. The lowest BCUT2D eigenvalue weighted by Crippen LogP contribution is -2.16. The number of hydrogen-bond acceptors (Lipinski definition) is 5. The van der Waals surface area contributed by atoms with E-state index in [0.29, 0.717) is 12.1 Å². The predicted octanol–water partition coefficient (Wildman–Crippen LogP) is 2.56. The van der Waals surface area contributed by atoms with E-state index in [1.54, 1.807) is 15.7 Å². The molecule has 142 valence electrons. The Morgan fingerprint density at radius 2 is 2.07 bits per heavy atom. The third-order valence-corrected chi connectivity index (χ3v) is 5.06. The van der Waals surface area contributed by atoms with Crippen LogP contribution < -0.4 is 0 Å². The van der Waals surface area contributed by atoms with Gasteiger partial charge >= 0.3 is 0 Å². The van der Waals surface area contributed by atoms with Crippen molar-refractivity contribution >= 4 is 6.21 Å². The summed E-state index contributed by atoms with van der Waals surface area (Å²) in [4.78, 5) is 0. The quantitative estimate of drug-likeness (QED) is 0.650. The zero-order valence-corrected chi connectivity index (χ0v) is 16.3. The normalized spacial score (nSPS) is 17.4. The second-order valence-electron chi connectivity index (χ2n) is 7.13. The van der Waals surface area contributed by atoms with Crippen LogP contribution in [0.2, 0.25) is 0 Å². The van der Waals surface area contributed by atoms with E-state index in [9.17, 15) is 0 Å². The van der Waals surface area contributed by atoms with Crippen molar-refractivity contribution in [2.45, 2.75) is 53.2 Å². The van der Waals surface area contributed by atoms with Gasteiger partial charge in [-0.25, -0.2) is 4.68 Å². The molecule has 3 aromatic rings. The second kappa shape index (κ2) is 7.11. The summed E-state index contributed by atoms with van der Waals surface area (Å²) >= 11 is 0. The van der Waals surface area contributed by atoms with Gasteiger partial charge in [-0.1, -0.05) is 0 Å². The minimum absolute atomic E-state index is 0.315. The van der Waals surface area contributed by atoms with Gasteiger partial charge in [0.1, 0.15) is 6.33 Å². The molecule has 8 heteroatoms. The van der Waals surface area contributed by atoms with Gasteiger partial charge in [0.15, 0.2) is 0 Å². The Hall–Kier alpha value is -2.74. The average molecular weight is 367 g/mol. The Morgan fingerprint density at radius 1 is 1.22 bits per heavy atom. The van der Waals surface area contributed by atoms with E-state index < -0.39 is 0 Å². The summed E-state index contributed by atoms with van der Waals surface area (Å²) in [6, 6.07) is 4.16. The van der Waals surface area contributed by atoms with E-state index in [1.807, 2.05) is 26.1 Å². The van der Waals surface area contributed by atoms with Crippen LogP contribution >= 0.6 is 0 Å². The third-order valence-electron chi connectivity index (χ3n) is 5.06. The molecule has 1 atom stereocenters. The van der Waals surface area contributed by atoms with Gasteiger partial charge in [-0.3, -0.25) is 0 Å². The predicted molar refractivity (Wildman–Crippen MR) is 102 cm³/mol. The van der Waals surface area contributed by atoms with Crippen LogP contribution in [0.3, 0.4) is 0 Å². The molecule has 8 nitrogen and oxygen atoms in total. The molecule has 0 aliphatic carbocycles. The molecule has 0 aromatic carbocycles. The fraction of sp³-hybridized carbons (Fsp3) is 0.474. The van der Waals surface area contributed by atoms with Gasteiger partial charge in [-0.05, 0) is 52.7 Å². The topological polar surface area (TPSA) is 75.0 Å². The highest BCUT2D eigenvalue weighted by Crippen LogP contribution is 2.19. The molecular formula is C19H25N7O. The Kier molecular flexibility index (Phi) is 4.65. The Balaban J connectivity index is 1.59. The molecule has 0 spiro atoms. The van der Waals surface area contributed by atoms with E-state index in [-0.39, 0.29) is 0 Å². The Morgan fingerprint density at radius 3 is 2.78 bits per heavy atom. The number of aryl methyl sites for hydroxylation is 3. The molecule has 0 N–H and O–H groups in total. The largest absolute Gasteiger partial charge is 0.376 e. The first-order valence-electron chi connectivity index (χ1n) is 9.29. The van der Waals surface area contributed by atoms with Gasteiger partial charge < -0.3 is 9.30 Å². The van der Waals surface area contributed by atoms with Crippen LogP contribution in [0.15, 0.2) is 23.6 Å².